The molecule has 0 radical (unpaired) electrons. The van der Waals surface area contributed by atoms with E-state index in [2.05, 4.69) is 19.9 Å². The standard InChI is InChI=1S/C12H13ClN2O.C12H11ClN2O/c2*13-9-6-15-12-8(4-5-14-12)10(9)11(16)7-2-1-3-7/h4-7,11,16H,1-3H2,(H,14,15);4-7H,1-3H2,(H,14,15). The fraction of sp³-hybridized carbons (Fsp3) is 0.375. The highest BCUT2D eigenvalue weighted by Gasteiger charge is 2.30. The van der Waals surface area contributed by atoms with Crippen molar-refractivity contribution >= 4 is 51.1 Å². The van der Waals surface area contributed by atoms with Gasteiger partial charge in [0.25, 0.3) is 0 Å². The summed E-state index contributed by atoms with van der Waals surface area (Å²) in [5, 5.41) is 13.1. The Bertz CT molecular complexity index is 1270. The quantitative estimate of drug-likeness (QED) is 0.307. The molecular formula is C24H24Cl2N4O2. The number of ketones is 1. The van der Waals surface area contributed by atoms with Gasteiger partial charge in [0, 0.05) is 52.6 Å². The van der Waals surface area contributed by atoms with Crippen molar-refractivity contribution < 1.29 is 9.90 Å². The van der Waals surface area contributed by atoms with Crippen molar-refractivity contribution in [2.45, 2.75) is 44.6 Å². The SMILES string of the molecule is O=C(c1c(Cl)cnc2[nH]ccc12)C1CCC1.OC(c1c(Cl)cnc2[nH]ccc12)C1CCC1. The molecule has 4 aromatic heterocycles. The zero-order valence-electron chi connectivity index (χ0n) is 17.4. The van der Waals surface area contributed by atoms with E-state index >= 15 is 0 Å². The summed E-state index contributed by atoms with van der Waals surface area (Å²) < 4.78 is 0. The predicted molar refractivity (Wildman–Crippen MR) is 126 cm³/mol. The molecule has 0 spiro atoms. The molecular weight excluding hydrogens is 447 g/mol. The van der Waals surface area contributed by atoms with Gasteiger partial charge in [-0.2, -0.15) is 0 Å². The van der Waals surface area contributed by atoms with Crippen molar-refractivity contribution in [3.8, 4) is 0 Å². The van der Waals surface area contributed by atoms with Crippen LogP contribution in [0.15, 0.2) is 36.9 Å². The molecule has 2 aliphatic carbocycles. The first-order valence-corrected chi connectivity index (χ1v) is 11.8. The smallest absolute Gasteiger partial charge is 0.168 e. The fourth-order valence-corrected chi connectivity index (χ4v) is 4.91. The summed E-state index contributed by atoms with van der Waals surface area (Å²) in [6, 6.07) is 3.78. The molecule has 0 aliphatic heterocycles. The first-order valence-electron chi connectivity index (χ1n) is 11.0. The summed E-state index contributed by atoms with van der Waals surface area (Å²) in [6.45, 7) is 0. The number of hydrogen-bond donors (Lipinski definition) is 3. The van der Waals surface area contributed by atoms with Gasteiger partial charge in [0.1, 0.15) is 11.3 Å². The lowest BCUT2D eigenvalue weighted by Gasteiger charge is -2.31. The Labute approximate surface area is 195 Å². The summed E-state index contributed by atoms with van der Waals surface area (Å²) in [5.74, 6) is 0.694. The highest BCUT2D eigenvalue weighted by Crippen LogP contribution is 2.42. The van der Waals surface area contributed by atoms with E-state index in [4.69, 9.17) is 23.2 Å². The number of nitrogens with one attached hydrogen (secondary N) is 2. The Hall–Kier alpha value is -2.41. The molecule has 166 valence electrons. The molecule has 2 saturated carbocycles. The molecule has 0 bridgehead atoms. The molecule has 4 heterocycles. The van der Waals surface area contributed by atoms with Crippen LogP contribution in [0.2, 0.25) is 10.0 Å². The van der Waals surface area contributed by atoms with E-state index in [1.165, 1.54) is 6.42 Å². The average Bonchev–Trinajstić information content (AvgIpc) is 3.34. The maximum absolute atomic E-state index is 12.2. The van der Waals surface area contributed by atoms with E-state index < -0.39 is 6.10 Å². The summed E-state index contributed by atoms with van der Waals surface area (Å²) in [7, 11) is 0. The lowest BCUT2D eigenvalue weighted by Crippen LogP contribution is -2.22. The monoisotopic (exact) mass is 470 g/mol. The number of aromatic nitrogens is 4. The molecule has 3 N–H and O–H groups in total. The predicted octanol–water partition coefficient (Wildman–Crippen LogP) is 6.25. The Balaban J connectivity index is 0.000000135. The Morgan fingerprint density at radius 1 is 0.938 bits per heavy atom. The highest BCUT2D eigenvalue weighted by atomic mass is 35.5. The van der Waals surface area contributed by atoms with Gasteiger partial charge in [0.15, 0.2) is 5.78 Å². The number of carbonyl (C=O) groups is 1. The van der Waals surface area contributed by atoms with Crippen LogP contribution < -0.4 is 0 Å². The van der Waals surface area contributed by atoms with Crippen molar-refractivity contribution in [3.63, 3.8) is 0 Å². The second-order valence-electron chi connectivity index (χ2n) is 8.61. The third-order valence-electron chi connectivity index (χ3n) is 6.73. The molecule has 0 amide bonds. The molecule has 6 rings (SSSR count). The van der Waals surface area contributed by atoms with Crippen LogP contribution in [0.4, 0.5) is 0 Å². The Morgan fingerprint density at radius 2 is 1.53 bits per heavy atom. The van der Waals surface area contributed by atoms with Crippen molar-refractivity contribution in [2.24, 2.45) is 11.8 Å². The normalized spacial score (nSPS) is 17.5. The first kappa shape index (κ1) is 21.4. The van der Waals surface area contributed by atoms with Crippen LogP contribution in [0.3, 0.4) is 0 Å². The van der Waals surface area contributed by atoms with Crippen molar-refractivity contribution in [1.82, 2.24) is 19.9 Å². The van der Waals surface area contributed by atoms with E-state index in [0.717, 1.165) is 59.7 Å². The second kappa shape index (κ2) is 8.85. The van der Waals surface area contributed by atoms with E-state index in [1.54, 1.807) is 18.6 Å². The van der Waals surface area contributed by atoms with Crippen LogP contribution in [0, 0.1) is 11.8 Å². The number of Topliss-reactive ketones (excluding diaryl/α,β-unsaturated/α-hetero) is 1. The van der Waals surface area contributed by atoms with E-state index in [0.29, 0.717) is 21.5 Å². The van der Waals surface area contributed by atoms with Gasteiger partial charge in [0.05, 0.1) is 16.1 Å². The molecule has 6 nitrogen and oxygen atoms in total. The van der Waals surface area contributed by atoms with Crippen LogP contribution in [-0.2, 0) is 0 Å². The minimum Gasteiger partial charge on any atom is -0.388 e. The molecule has 0 aromatic carbocycles. The third kappa shape index (κ3) is 3.81. The van der Waals surface area contributed by atoms with Gasteiger partial charge in [-0.1, -0.05) is 36.0 Å². The molecule has 1 unspecified atom stereocenters. The summed E-state index contributed by atoms with van der Waals surface area (Å²) in [4.78, 5) is 26.6. The van der Waals surface area contributed by atoms with E-state index in [1.807, 2.05) is 18.3 Å². The molecule has 8 heteroatoms. The van der Waals surface area contributed by atoms with Gasteiger partial charge in [-0.25, -0.2) is 9.97 Å². The molecule has 2 fully saturated rings. The fourth-order valence-electron chi connectivity index (χ4n) is 4.40. The number of halogens is 2. The Kier molecular flexibility index (Phi) is 5.93. The number of pyridine rings is 2. The first-order chi connectivity index (χ1) is 15.5. The average molecular weight is 471 g/mol. The number of nitrogens with zero attached hydrogens (tertiary/aromatic N) is 2. The minimum absolute atomic E-state index is 0.165. The maximum Gasteiger partial charge on any atom is 0.168 e. The summed E-state index contributed by atoms with van der Waals surface area (Å²) in [5.41, 5.74) is 2.99. The van der Waals surface area contributed by atoms with Crippen LogP contribution in [0.1, 0.15) is 60.6 Å². The molecule has 2 aliphatic rings. The number of fused-ring (bicyclic) bond motifs is 2. The van der Waals surface area contributed by atoms with Crippen LogP contribution in [0.25, 0.3) is 22.1 Å². The number of H-pyrrole nitrogens is 2. The lowest BCUT2D eigenvalue weighted by molar-refractivity contribution is 0.0633. The van der Waals surface area contributed by atoms with Gasteiger partial charge < -0.3 is 15.1 Å². The van der Waals surface area contributed by atoms with Crippen molar-refractivity contribution in [3.05, 3.63) is 58.1 Å². The number of carbonyl (C=O) groups excluding carboxylic acids is 1. The largest absolute Gasteiger partial charge is 0.388 e. The van der Waals surface area contributed by atoms with Crippen LogP contribution in [0.5, 0.6) is 0 Å². The van der Waals surface area contributed by atoms with Gasteiger partial charge in [-0.15, -0.1) is 0 Å². The molecule has 0 saturated heterocycles. The highest BCUT2D eigenvalue weighted by molar-refractivity contribution is 6.35. The zero-order chi connectivity index (χ0) is 22.2. The number of rotatable bonds is 4. The number of hydrogen-bond acceptors (Lipinski definition) is 4. The van der Waals surface area contributed by atoms with Gasteiger partial charge in [-0.05, 0) is 43.7 Å². The molecule has 32 heavy (non-hydrogen) atoms. The number of aliphatic hydroxyl groups excluding tert-OH is 1. The summed E-state index contributed by atoms with van der Waals surface area (Å²) >= 11 is 12.2. The Morgan fingerprint density at radius 3 is 2.12 bits per heavy atom. The van der Waals surface area contributed by atoms with Crippen molar-refractivity contribution in [1.29, 1.82) is 0 Å². The maximum atomic E-state index is 12.2. The minimum atomic E-state index is -0.456. The van der Waals surface area contributed by atoms with Gasteiger partial charge in [0.2, 0.25) is 0 Å². The molecule has 1 atom stereocenters. The number of aliphatic hydroxyl groups is 1. The van der Waals surface area contributed by atoms with Crippen molar-refractivity contribution in [2.75, 3.05) is 0 Å². The number of aromatic amines is 2. The topological polar surface area (TPSA) is 94.7 Å². The van der Waals surface area contributed by atoms with Crippen LogP contribution >= 0.6 is 23.2 Å². The lowest BCUT2D eigenvalue weighted by atomic mass is 9.78. The summed E-state index contributed by atoms with van der Waals surface area (Å²) in [6.07, 6.45) is 12.8. The second-order valence-corrected chi connectivity index (χ2v) is 9.42. The van der Waals surface area contributed by atoms with E-state index in [9.17, 15) is 9.90 Å². The van der Waals surface area contributed by atoms with Gasteiger partial charge >= 0.3 is 0 Å². The van der Waals surface area contributed by atoms with Crippen LogP contribution in [-0.4, -0.2) is 30.8 Å². The zero-order valence-corrected chi connectivity index (χ0v) is 19.0. The molecule has 4 aromatic rings. The third-order valence-corrected chi connectivity index (χ3v) is 7.32. The van der Waals surface area contributed by atoms with Gasteiger partial charge in [-0.3, -0.25) is 4.79 Å². The van der Waals surface area contributed by atoms with E-state index in [-0.39, 0.29) is 11.7 Å².